The minimum absolute atomic E-state index is 0.00440. The first-order valence-corrected chi connectivity index (χ1v) is 8.44. The van der Waals surface area contributed by atoms with Gasteiger partial charge in [0.25, 0.3) is 5.91 Å². The number of anilines is 1. The molecule has 0 saturated heterocycles. The van der Waals surface area contributed by atoms with Crippen LogP contribution in [0.2, 0.25) is 0 Å². The Hall–Kier alpha value is -3.01. The van der Waals surface area contributed by atoms with Gasteiger partial charge >= 0.3 is 0 Å². The lowest BCUT2D eigenvalue weighted by Gasteiger charge is -2.40. The second-order valence-corrected chi connectivity index (χ2v) is 6.34. The molecule has 0 radical (unpaired) electrons. The van der Waals surface area contributed by atoms with Crippen molar-refractivity contribution in [2.24, 2.45) is 0 Å². The monoisotopic (exact) mass is 332 g/mol. The van der Waals surface area contributed by atoms with E-state index in [1.807, 2.05) is 85.5 Å². The number of furan rings is 1. The lowest BCUT2D eigenvalue weighted by Crippen LogP contribution is -2.44. The van der Waals surface area contributed by atoms with Gasteiger partial charge in [-0.3, -0.25) is 4.79 Å². The number of hydrogen-bond donors (Lipinski definition) is 1. The second kappa shape index (κ2) is 6.13. The molecular weight excluding hydrogens is 312 g/mol. The van der Waals surface area contributed by atoms with Crippen LogP contribution in [0.25, 0.3) is 0 Å². The lowest BCUT2D eigenvalue weighted by atomic mass is 10.0. The zero-order valence-electron chi connectivity index (χ0n) is 14.3. The molecule has 3 aromatic rings. The minimum Gasteiger partial charge on any atom is -0.462 e. The molecule has 4 rings (SSSR count). The highest BCUT2D eigenvalue weighted by molar-refractivity contribution is 6.01. The maximum atomic E-state index is 13.3. The summed E-state index contributed by atoms with van der Waals surface area (Å²) in [6.45, 7) is 3.96. The second-order valence-electron chi connectivity index (χ2n) is 6.34. The third-order valence-electron chi connectivity index (χ3n) is 4.69. The molecule has 0 spiro atoms. The molecule has 2 aromatic carbocycles. The standard InChI is InChI=1S/C21H20N2O2/c1-14-12-13-19(25-14)20-22-18-11-7-6-10-17(18)21(24)23(20)15(2)16-8-4-3-5-9-16/h3-13,15,20,22H,1-2H3/t15-,20+/m0/s1. The molecule has 1 aromatic heterocycles. The molecule has 2 atom stereocenters. The van der Waals surface area contributed by atoms with Crippen molar-refractivity contribution in [1.82, 2.24) is 4.90 Å². The molecule has 0 unspecified atom stereocenters. The van der Waals surface area contributed by atoms with Crippen LogP contribution >= 0.6 is 0 Å². The van der Waals surface area contributed by atoms with Gasteiger partial charge in [0, 0.05) is 5.69 Å². The van der Waals surface area contributed by atoms with Crippen LogP contribution in [0, 0.1) is 6.92 Å². The van der Waals surface area contributed by atoms with Crippen molar-refractivity contribution in [2.45, 2.75) is 26.1 Å². The van der Waals surface area contributed by atoms with E-state index >= 15 is 0 Å². The largest absolute Gasteiger partial charge is 0.462 e. The van der Waals surface area contributed by atoms with Gasteiger partial charge in [-0.25, -0.2) is 0 Å². The van der Waals surface area contributed by atoms with Gasteiger partial charge in [-0.05, 0) is 43.7 Å². The van der Waals surface area contributed by atoms with Crippen molar-refractivity contribution >= 4 is 11.6 Å². The molecule has 1 amide bonds. The summed E-state index contributed by atoms with van der Waals surface area (Å²) in [5.74, 6) is 1.57. The summed E-state index contributed by atoms with van der Waals surface area (Å²) in [5.41, 5.74) is 2.61. The van der Waals surface area contributed by atoms with E-state index in [-0.39, 0.29) is 18.1 Å². The Morgan fingerprint density at radius 3 is 2.44 bits per heavy atom. The van der Waals surface area contributed by atoms with E-state index in [1.165, 1.54) is 0 Å². The third kappa shape index (κ3) is 2.70. The molecule has 1 aliphatic rings. The predicted molar refractivity (Wildman–Crippen MR) is 97.3 cm³/mol. The fraction of sp³-hybridized carbons (Fsp3) is 0.190. The molecule has 1 aliphatic heterocycles. The summed E-state index contributed by atoms with van der Waals surface area (Å²) in [7, 11) is 0. The quantitative estimate of drug-likeness (QED) is 0.741. The van der Waals surface area contributed by atoms with Gasteiger partial charge < -0.3 is 14.6 Å². The zero-order chi connectivity index (χ0) is 17.4. The van der Waals surface area contributed by atoms with E-state index in [4.69, 9.17) is 4.42 Å². The summed E-state index contributed by atoms with van der Waals surface area (Å²) in [4.78, 5) is 15.1. The van der Waals surface area contributed by atoms with Crippen LogP contribution in [0.1, 0.15) is 46.6 Å². The number of rotatable bonds is 3. The van der Waals surface area contributed by atoms with Gasteiger partial charge in [0.2, 0.25) is 0 Å². The Labute approximate surface area is 147 Å². The van der Waals surface area contributed by atoms with Crippen LogP contribution in [0.15, 0.2) is 71.1 Å². The highest BCUT2D eigenvalue weighted by atomic mass is 16.3. The summed E-state index contributed by atoms with van der Waals surface area (Å²) < 4.78 is 5.85. The van der Waals surface area contributed by atoms with Crippen molar-refractivity contribution in [3.8, 4) is 0 Å². The molecule has 0 aliphatic carbocycles. The van der Waals surface area contributed by atoms with Crippen LogP contribution < -0.4 is 5.32 Å². The highest BCUT2D eigenvalue weighted by Crippen LogP contribution is 2.38. The molecular formula is C21H20N2O2. The summed E-state index contributed by atoms with van der Waals surface area (Å²) in [6.07, 6.45) is -0.341. The van der Waals surface area contributed by atoms with E-state index < -0.39 is 0 Å². The van der Waals surface area contributed by atoms with E-state index in [2.05, 4.69) is 5.32 Å². The van der Waals surface area contributed by atoms with Gasteiger partial charge in [-0.1, -0.05) is 42.5 Å². The number of amides is 1. The predicted octanol–water partition coefficient (Wildman–Crippen LogP) is 4.92. The SMILES string of the molecule is Cc1ccc([C@@H]2Nc3ccccc3C(=O)N2[C@@H](C)c2ccccc2)o1. The van der Waals surface area contributed by atoms with Crippen molar-refractivity contribution in [3.05, 3.63) is 89.4 Å². The van der Waals surface area contributed by atoms with Crippen LogP contribution in [0.3, 0.4) is 0 Å². The number of aryl methyl sites for hydroxylation is 1. The summed E-state index contributed by atoms with van der Waals surface area (Å²) >= 11 is 0. The molecule has 0 bridgehead atoms. The Kier molecular flexibility index (Phi) is 3.80. The van der Waals surface area contributed by atoms with E-state index in [9.17, 15) is 4.79 Å². The van der Waals surface area contributed by atoms with Gasteiger partial charge in [-0.2, -0.15) is 0 Å². The third-order valence-corrected chi connectivity index (χ3v) is 4.69. The van der Waals surface area contributed by atoms with Gasteiger partial charge in [0.1, 0.15) is 11.5 Å². The van der Waals surface area contributed by atoms with Crippen LogP contribution in [0.4, 0.5) is 5.69 Å². The topological polar surface area (TPSA) is 45.5 Å². The molecule has 2 heterocycles. The number of benzene rings is 2. The number of nitrogens with one attached hydrogen (secondary N) is 1. The van der Waals surface area contributed by atoms with Crippen LogP contribution in [-0.2, 0) is 0 Å². The number of carbonyl (C=O) groups excluding carboxylic acids is 1. The zero-order valence-corrected chi connectivity index (χ0v) is 14.3. The fourth-order valence-corrected chi connectivity index (χ4v) is 3.37. The van der Waals surface area contributed by atoms with E-state index in [0.717, 1.165) is 22.8 Å². The molecule has 126 valence electrons. The van der Waals surface area contributed by atoms with Gasteiger partial charge in [0.05, 0.1) is 11.6 Å². The fourth-order valence-electron chi connectivity index (χ4n) is 3.37. The maximum Gasteiger partial charge on any atom is 0.258 e. The smallest absolute Gasteiger partial charge is 0.258 e. The van der Waals surface area contributed by atoms with Crippen LogP contribution in [-0.4, -0.2) is 10.8 Å². The number of fused-ring (bicyclic) bond motifs is 1. The van der Waals surface area contributed by atoms with Crippen LogP contribution in [0.5, 0.6) is 0 Å². The van der Waals surface area contributed by atoms with Gasteiger partial charge in [0.15, 0.2) is 6.17 Å². The molecule has 0 saturated carbocycles. The molecule has 1 N–H and O–H groups in total. The first kappa shape index (κ1) is 15.5. The first-order chi connectivity index (χ1) is 12.1. The Morgan fingerprint density at radius 2 is 1.72 bits per heavy atom. The molecule has 4 heteroatoms. The van der Waals surface area contributed by atoms with Crippen molar-refractivity contribution in [1.29, 1.82) is 0 Å². The average Bonchev–Trinajstić information content (AvgIpc) is 3.08. The van der Waals surface area contributed by atoms with E-state index in [1.54, 1.807) is 0 Å². The number of nitrogens with zero attached hydrogens (tertiary/aromatic N) is 1. The summed E-state index contributed by atoms with van der Waals surface area (Å²) in [6, 6.07) is 21.4. The van der Waals surface area contributed by atoms with Crippen molar-refractivity contribution in [3.63, 3.8) is 0 Å². The summed E-state index contributed by atoms with van der Waals surface area (Å²) in [5, 5.41) is 3.47. The van der Waals surface area contributed by atoms with E-state index in [0.29, 0.717) is 5.56 Å². The Balaban J connectivity index is 1.81. The highest BCUT2D eigenvalue weighted by Gasteiger charge is 2.37. The average molecular weight is 332 g/mol. The number of para-hydroxylation sites is 1. The number of carbonyl (C=O) groups is 1. The van der Waals surface area contributed by atoms with Crippen molar-refractivity contribution < 1.29 is 9.21 Å². The lowest BCUT2D eigenvalue weighted by molar-refractivity contribution is 0.0569. The molecule has 4 nitrogen and oxygen atoms in total. The normalized spacial score (nSPS) is 17.8. The Morgan fingerprint density at radius 1 is 1.00 bits per heavy atom. The molecule has 0 fully saturated rings. The maximum absolute atomic E-state index is 13.3. The number of hydrogen-bond acceptors (Lipinski definition) is 3. The Bertz CT molecular complexity index is 901. The molecule has 25 heavy (non-hydrogen) atoms. The van der Waals surface area contributed by atoms with Crippen molar-refractivity contribution in [2.75, 3.05) is 5.32 Å². The van der Waals surface area contributed by atoms with Gasteiger partial charge in [-0.15, -0.1) is 0 Å². The first-order valence-electron chi connectivity index (χ1n) is 8.44. The minimum atomic E-state index is -0.341.